The lowest BCUT2D eigenvalue weighted by molar-refractivity contribution is 0.308. The fraction of sp³-hybridized carbons (Fsp3) is 0.167. The number of allylic oxidation sites excluding steroid dienone is 1. The fourth-order valence-electron chi connectivity index (χ4n) is 2.15. The average Bonchev–Trinajstić information content (AvgIpc) is 2.55. The Balaban J connectivity index is 2.52. The van der Waals surface area contributed by atoms with Crippen LogP contribution in [0.25, 0.3) is 11.6 Å². The molecule has 0 amide bonds. The lowest BCUT2D eigenvalue weighted by Gasteiger charge is -2.12. The van der Waals surface area contributed by atoms with E-state index in [9.17, 15) is 5.26 Å². The highest BCUT2D eigenvalue weighted by atomic mass is 127. The van der Waals surface area contributed by atoms with Gasteiger partial charge in [-0.25, -0.2) is 0 Å². The fourth-order valence-corrected chi connectivity index (χ4v) is 3.44. The maximum absolute atomic E-state index is 9.50. The van der Waals surface area contributed by atoms with Gasteiger partial charge in [0.05, 0.1) is 34.0 Å². The van der Waals surface area contributed by atoms with Gasteiger partial charge in [-0.15, -0.1) is 0 Å². The molecule has 2 aromatic rings. The molecular formula is C18H14Cl2INO2. The Morgan fingerprint density at radius 3 is 2.62 bits per heavy atom. The number of halogens is 3. The van der Waals surface area contributed by atoms with Gasteiger partial charge in [-0.3, -0.25) is 0 Å². The van der Waals surface area contributed by atoms with Crippen molar-refractivity contribution in [3.05, 3.63) is 55.1 Å². The topological polar surface area (TPSA) is 42.2 Å². The quantitative estimate of drug-likeness (QED) is 0.300. The van der Waals surface area contributed by atoms with Crippen molar-refractivity contribution in [1.82, 2.24) is 0 Å². The van der Waals surface area contributed by atoms with E-state index in [1.165, 1.54) is 0 Å². The van der Waals surface area contributed by atoms with Gasteiger partial charge in [0.15, 0.2) is 11.5 Å². The van der Waals surface area contributed by atoms with Gasteiger partial charge in [0, 0.05) is 10.6 Å². The van der Waals surface area contributed by atoms with Crippen LogP contribution in [0.15, 0.2) is 30.3 Å². The van der Waals surface area contributed by atoms with E-state index >= 15 is 0 Å². The summed E-state index contributed by atoms with van der Waals surface area (Å²) < 4.78 is 11.9. The highest BCUT2D eigenvalue weighted by molar-refractivity contribution is 14.1. The van der Waals surface area contributed by atoms with E-state index in [0.717, 1.165) is 9.13 Å². The number of rotatable bonds is 5. The molecule has 0 aliphatic rings. The zero-order chi connectivity index (χ0) is 17.7. The molecule has 0 atom stereocenters. The molecule has 6 heteroatoms. The standard InChI is InChI=1S/C18H14Cl2INO2/c1-3-24-18-16(21)7-11(8-17(18)23-2)6-12(10-22)14-5-4-13(19)9-15(14)20/h4-9H,3H2,1-2H3/b12-6+. The van der Waals surface area contributed by atoms with Crippen molar-refractivity contribution < 1.29 is 9.47 Å². The molecule has 0 radical (unpaired) electrons. The predicted octanol–water partition coefficient (Wildman–Crippen LogP) is 6.07. The van der Waals surface area contributed by atoms with Crippen LogP contribution in [0.2, 0.25) is 10.0 Å². The third-order valence-corrected chi connectivity index (χ3v) is 4.54. The molecule has 0 N–H and O–H groups in total. The SMILES string of the molecule is CCOc1c(I)cc(/C=C(\C#N)c2ccc(Cl)cc2Cl)cc1OC. The molecule has 3 nitrogen and oxygen atoms in total. The molecule has 0 bridgehead atoms. The van der Waals surface area contributed by atoms with Crippen molar-refractivity contribution >= 4 is 57.4 Å². The molecule has 0 heterocycles. The second-order valence-corrected chi connectivity index (χ2v) is 6.77. The molecule has 24 heavy (non-hydrogen) atoms. The second kappa shape index (κ2) is 8.61. The molecule has 2 aromatic carbocycles. The maximum atomic E-state index is 9.50. The van der Waals surface area contributed by atoms with E-state index in [4.69, 9.17) is 32.7 Å². The van der Waals surface area contributed by atoms with E-state index < -0.39 is 0 Å². The van der Waals surface area contributed by atoms with Gasteiger partial charge in [-0.1, -0.05) is 29.3 Å². The number of nitrogens with zero attached hydrogens (tertiary/aromatic N) is 1. The lowest BCUT2D eigenvalue weighted by atomic mass is 10.0. The zero-order valence-corrected chi connectivity index (χ0v) is 16.7. The Morgan fingerprint density at radius 1 is 1.29 bits per heavy atom. The third kappa shape index (κ3) is 4.35. The molecule has 0 aliphatic carbocycles. The van der Waals surface area contributed by atoms with Gasteiger partial charge in [0.1, 0.15) is 0 Å². The minimum atomic E-state index is 0.433. The van der Waals surface area contributed by atoms with Gasteiger partial charge >= 0.3 is 0 Å². The van der Waals surface area contributed by atoms with E-state index in [1.807, 2.05) is 19.1 Å². The molecule has 0 saturated heterocycles. The number of methoxy groups -OCH3 is 1. The normalized spacial score (nSPS) is 11.1. The van der Waals surface area contributed by atoms with E-state index in [-0.39, 0.29) is 0 Å². The van der Waals surface area contributed by atoms with Crippen LogP contribution in [-0.4, -0.2) is 13.7 Å². The Hall–Kier alpha value is -1.42. The van der Waals surface area contributed by atoms with Crippen molar-refractivity contribution in [2.45, 2.75) is 6.92 Å². The number of hydrogen-bond donors (Lipinski definition) is 0. The summed E-state index contributed by atoms with van der Waals surface area (Å²) >= 11 is 14.3. The molecule has 124 valence electrons. The van der Waals surface area contributed by atoms with Crippen molar-refractivity contribution in [1.29, 1.82) is 5.26 Å². The Labute approximate surface area is 164 Å². The van der Waals surface area contributed by atoms with E-state index in [2.05, 4.69) is 28.7 Å². The summed E-state index contributed by atoms with van der Waals surface area (Å²) in [6.45, 7) is 2.46. The third-order valence-electron chi connectivity index (χ3n) is 3.19. The van der Waals surface area contributed by atoms with Gasteiger partial charge in [-0.2, -0.15) is 5.26 Å². The monoisotopic (exact) mass is 473 g/mol. The Bertz CT molecular complexity index is 828. The first-order chi connectivity index (χ1) is 11.5. The van der Waals surface area contributed by atoms with Gasteiger partial charge in [0.25, 0.3) is 0 Å². The van der Waals surface area contributed by atoms with E-state index in [1.54, 1.807) is 31.4 Å². The first-order valence-corrected chi connectivity index (χ1v) is 8.91. The molecule has 0 spiro atoms. The van der Waals surface area contributed by atoms with Crippen molar-refractivity contribution in [3.8, 4) is 17.6 Å². The van der Waals surface area contributed by atoms with Gasteiger partial charge in [0.2, 0.25) is 0 Å². The molecule has 0 unspecified atom stereocenters. The number of nitriles is 1. The first-order valence-electron chi connectivity index (χ1n) is 7.07. The van der Waals surface area contributed by atoms with Crippen LogP contribution in [0.4, 0.5) is 0 Å². The van der Waals surface area contributed by atoms with Crippen LogP contribution in [0.3, 0.4) is 0 Å². The van der Waals surface area contributed by atoms with Crippen molar-refractivity contribution in [2.24, 2.45) is 0 Å². The predicted molar refractivity (Wildman–Crippen MR) is 107 cm³/mol. The number of benzene rings is 2. The molecule has 0 aromatic heterocycles. The van der Waals surface area contributed by atoms with Crippen molar-refractivity contribution in [3.63, 3.8) is 0 Å². The largest absolute Gasteiger partial charge is 0.493 e. The Morgan fingerprint density at radius 2 is 2.04 bits per heavy atom. The summed E-state index contributed by atoms with van der Waals surface area (Å²) in [4.78, 5) is 0. The van der Waals surface area contributed by atoms with Crippen LogP contribution in [0, 0.1) is 14.9 Å². The van der Waals surface area contributed by atoms with Crippen LogP contribution < -0.4 is 9.47 Å². The average molecular weight is 474 g/mol. The second-order valence-electron chi connectivity index (χ2n) is 4.76. The lowest BCUT2D eigenvalue weighted by Crippen LogP contribution is -1.98. The van der Waals surface area contributed by atoms with Crippen LogP contribution in [0.5, 0.6) is 11.5 Å². The molecular weight excluding hydrogens is 460 g/mol. The van der Waals surface area contributed by atoms with Crippen LogP contribution in [0.1, 0.15) is 18.1 Å². The Kier molecular flexibility index (Phi) is 6.79. The highest BCUT2D eigenvalue weighted by Crippen LogP contribution is 2.35. The van der Waals surface area contributed by atoms with E-state index in [0.29, 0.717) is 39.3 Å². The zero-order valence-electron chi connectivity index (χ0n) is 13.1. The van der Waals surface area contributed by atoms with Gasteiger partial charge < -0.3 is 9.47 Å². The maximum Gasteiger partial charge on any atom is 0.174 e. The highest BCUT2D eigenvalue weighted by Gasteiger charge is 2.12. The number of hydrogen-bond acceptors (Lipinski definition) is 3. The first kappa shape index (κ1) is 18.9. The summed E-state index contributed by atoms with van der Waals surface area (Å²) in [6.07, 6.45) is 1.76. The van der Waals surface area contributed by atoms with Crippen LogP contribution in [-0.2, 0) is 0 Å². The molecule has 2 rings (SSSR count). The number of ether oxygens (including phenoxy) is 2. The summed E-state index contributed by atoms with van der Waals surface area (Å²) in [5.74, 6) is 1.32. The molecule has 0 fully saturated rings. The molecule has 0 saturated carbocycles. The summed E-state index contributed by atoms with van der Waals surface area (Å²) in [6, 6.07) is 11.0. The summed E-state index contributed by atoms with van der Waals surface area (Å²) in [5, 5.41) is 10.5. The minimum absolute atomic E-state index is 0.433. The van der Waals surface area contributed by atoms with Crippen molar-refractivity contribution in [2.75, 3.05) is 13.7 Å². The summed E-state index contributed by atoms with van der Waals surface area (Å²) in [5.41, 5.74) is 1.90. The molecule has 0 aliphatic heterocycles. The van der Waals surface area contributed by atoms with Gasteiger partial charge in [-0.05, 0) is 65.4 Å². The van der Waals surface area contributed by atoms with Crippen LogP contribution >= 0.6 is 45.8 Å². The smallest absolute Gasteiger partial charge is 0.174 e. The minimum Gasteiger partial charge on any atom is -0.493 e. The summed E-state index contributed by atoms with van der Waals surface area (Å²) in [7, 11) is 1.59.